The fraction of sp³-hybridized carbons (Fsp3) is 0. The van der Waals surface area contributed by atoms with Gasteiger partial charge in [-0.3, -0.25) is 25.1 Å². The third-order valence-electron chi connectivity index (χ3n) is 7.58. The molecule has 0 aliphatic carbocycles. The Balaban J connectivity index is 1.78. The number of benzene rings is 7. The molecule has 0 amide bonds. The van der Waals surface area contributed by atoms with Gasteiger partial charge in [-0.15, -0.1) is 0 Å². The maximum absolute atomic E-state index is 13.0. The highest BCUT2D eigenvalue weighted by atomic mass is 16.6. The number of nitro groups is 2. The maximum Gasteiger partial charge on any atom is 0.301 e. The van der Waals surface area contributed by atoms with Crippen molar-refractivity contribution < 1.29 is 9.85 Å². The van der Waals surface area contributed by atoms with Gasteiger partial charge in [-0.05, 0) is 45.8 Å². The predicted molar refractivity (Wildman–Crippen MR) is 164 cm³/mol. The van der Waals surface area contributed by atoms with Crippen molar-refractivity contribution in [3.05, 3.63) is 148 Å². The Kier molecular flexibility index (Phi) is 5.57. The summed E-state index contributed by atoms with van der Waals surface area (Å²) in [6, 6.07) is 38.6. The lowest BCUT2D eigenvalue weighted by Gasteiger charge is -2.28. The Bertz CT molecular complexity index is 2040. The molecule has 0 heterocycles. The summed E-state index contributed by atoms with van der Waals surface area (Å²) in [5, 5.41) is 31.2. The van der Waals surface area contributed by atoms with E-state index >= 15 is 0 Å². The highest BCUT2D eigenvalue weighted by molar-refractivity contribution is 6.24. The van der Waals surface area contributed by atoms with Gasteiger partial charge in [0.05, 0.1) is 20.6 Å². The Morgan fingerprint density at radius 1 is 0.390 bits per heavy atom. The van der Waals surface area contributed by atoms with Crippen LogP contribution in [-0.2, 0) is 0 Å². The van der Waals surface area contributed by atoms with Crippen LogP contribution in [0.1, 0.15) is 0 Å². The summed E-state index contributed by atoms with van der Waals surface area (Å²) in [5.74, 6) is 0. The molecule has 0 N–H and O–H groups in total. The molecule has 7 aromatic carbocycles. The number of para-hydroxylation sites is 1. The molecule has 0 aliphatic heterocycles. The minimum Gasteiger partial charge on any atom is -0.297 e. The van der Waals surface area contributed by atoms with Crippen LogP contribution in [0.2, 0.25) is 0 Å². The van der Waals surface area contributed by atoms with E-state index in [-0.39, 0.29) is 32.6 Å². The molecule has 0 unspecified atom stereocenters. The molecule has 7 aromatic rings. The molecular weight excluding hydrogens is 514 g/mol. The van der Waals surface area contributed by atoms with Crippen LogP contribution in [-0.4, -0.2) is 9.85 Å². The van der Waals surface area contributed by atoms with E-state index in [0.29, 0.717) is 27.2 Å². The van der Waals surface area contributed by atoms with Gasteiger partial charge in [0.1, 0.15) is 11.4 Å². The lowest BCUT2D eigenvalue weighted by molar-refractivity contribution is -0.382. The maximum atomic E-state index is 13.0. The van der Waals surface area contributed by atoms with Gasteiger partial charge in [-0.2, -0.15) is 0 Å². The molecule has 0 spiro atoms. The third kappa shape index (κ3) is 3.67. The van der Waals surface area contributed by atoms with Crippen LogP contribution in [0, 0.1) is 20.2 Å². The number of rotatable bonds is 5. The Morgan fingerprint density at radius 3 is 1.05 bits per heavy atom. The summed E-state index contributed by atoms with van der Waals surface area (Å²) < 4.78 is 0. The summed E-state index contributed by atoms with van der Waals surface area (Å²) in [6.07, 6.45) is 0. The number of nitro benzene ring substituents is 2. The first-order chi connectivity index (χ1) is 20.1. The van der Waals surface area contributed by atoms with Crippen LogP contribution in [0.5, 0.6) is 0 Å². The fourth-order valence-corrected chi connectivity index (χ4v) is 5.98. The van der Waals surface area contributed by atoms with Crippen molar-refractivity contribution in [2.45, 2.75) is 0 Å². The standard InChI is InChI=1S/C34H21N3O4/c38-36(39)33-29-20-10-6-16-25(29)23-14-4-8-18-27(23)31(33)35(22-12-2-1-3-13-22)32-28-19-9-5-15-24(28)26-17-7-11-21-30(26)34(32)37(40)41/h1-21H. The van der Waals surface area contributed by atoms with E-state index in [1.807, 2.05) is 103 Å². The van der Waals surface area contributed by atoms with Gasteiger partial charge in [0.15, 0.2) is 0 Å². The summed E-state index contributed by atoms with van der Waals surface area (Å²) in [5.41, 5.74) is 0.891. The molecule has 0 saturated carbocycles. The average molecular weight is 536 g/mol. The van der Waals surface area contributed by atoms with Gasteiger partial charge in [-0.25, -0.2) is 0 Å². The van der Waals surface area contributed by atoms with Gasteiger partial charge in [0, 0.05) is 16.5 Å². The molecule has 0 aromatic heterocycles. The number of hydrogen-bond acceptors (Lipinski definition) is 5. The minimum absolute atomic E-state index is 0.116. The normalized spacial score (nSPS) is 11.3. The lowest BCUT2D eigenvalue weighted by atomic mass is 9.94. The Labute approximate surface area is 233 Å². The van der Waals surface area contributed by atoms with Gasteiger partial charge < -0.3 is 0 Å². The molecule has 0 radical (unpaired) electrons. The zero-order valence-electron chi connectivity index (χ0n) is 21.6. The molecule has 0 aliphatic rings. The molecule has 0 bridgehead atoms. The number of fused-ring (bicyclic) bond motifs is 6. The van der Waals surface area contributed by atoms with Gasteiger partial charge in [0.2, 0.25) is 0 Å². The van der Waals surface area contributed by atoms with Crippen molar-refractivity contribution >= 4 is 71.5 Å². The first-order valence-corrected chi connectivity index (χ1v) is 13.1. The second kappa shape index (κ2) is 9.43. The SMILES string of the molecule is O=[N+]([O-])c1c(N(c2ccccc2)c2c([N+](=O)[O-])c3ccccc3c3ccccc23)c2ccccc2c2ccccc12. The molecule has 0 fully saturated rings. The van der Waals surface area contributed by atoms with Crippen LogP contribution < -0.4 is 4.90 Å². The first-order valence-electron chi connectivity index (χ1n) is 13.1. The quantitative estimate of drug-likeness (QED) is 0.124. The number of hydrogen-bond donors (Lipinski definition) is 0. The largest absolute Gasteiger partial charge is 0.301 e. The second-order valence-corrected chi connectivity index (χ2v) is 9.76. The zero-order chi connectivity index (χ0) is 28.1. The molecule has 7 heteroatoms. The van der Waals surface area contributed by atoms with E-state index in [2.05, 4.69) is 0 Å². The highest BCUT2D eigenvalue weighted by Gasteiger charge is 2.35. The van der Waals surface area contributed by atoms with Crippen LogP contribution >= 0.6 is 0 Å². The zero-order valence-corrected chi connectivity index (χ0v) is 21.6. The molecule has 196 valence electrons. The number of anilines is 3. The molecule has 0 atom stereocenters. The molecule has 0 saturated heterocycles. The summed E-state index contributed by atoms with van der Waals surface area (Å²) in [4.78, 5) is 26.9. The van der Waals surface area contributed by atoms with E-state index in [9.17, 15) is 20.2 Å². The van der Waals surface area contributed by atoms with Gasteiger partial charge in [0.25, 0.3) is 0 Å². The van der Waals surface area contributed by atoms with Crippen LogP contribution in [0.15, 0.2) is 127 Å². The third-order valence-corrected chi connectivity index (χ3v) is 7.58. The lowest BCUT2D eigenvalue weighted by Crippen LogP contribution is -2.15. The van der Waals surface area contributed by atoms with E-state index in [0.717, 1.165) is 21.5 Å². The van der Waals surface area contributed by atoms with Gasteiger partial charge >= 0.3 is 11.4 Å². The molecule has 7 nitrogen and oxygen atoms in total. The molecule has 41 heavy (non-hydrogen) atoms. The van der Waals surface area contributed by atoms with Gasteiger partial charge in [-0.1, -0.05) is 103 Å². The fourth-order valence-electron chi connectivity index (χ4n) is 5.98. The van der Waals surface area contributed by atoms with Crippen LogP contribution in [0.4, 0.5) is 28.4 Å². The van der Waals surface area contributed by atoms with Crippen molar-refractivity contribution in [3.63, 3.8) is 0 Å². The Morgan fingerprint density at radius 2 is 0.683 bits per heavy atom. The van der Waals surface area contributed by atoms with Crippen molar-refractivity contribution in [2.75, 3.05) is 4.90 Å². The summed E-state index contributed by atoms with van der Waals surface area (Å²) >= 11 is 0. The highest BCUT2D eigenvalue weighted by Crippen LogP contribution is 2.54. The van der Waals surface area contributed by atoms with Crippen LogP contribution in [0.3, 0.4) is 0 Å². The van der Waals surface area contributed by atoms with Crippen molar-refractivity contribution in [1.82, 2.24) is 0 Å². The predicted octanol–water partition coefficient (Wildman–Crippen LogP) is 9.59. The average Bonchev–Trinajstić information content (AvgIpc) is 3.01. The smallest absolute Gasteiger partial charge is 0.297 e. The monoisotopic (exact) mass is 535 g/mol. The van der Waals surface area contributed by atoms with Crippen molar-refractivity contribution in [3.8, 4) is 0 Å². The summed E-state index contributed by atoms with van der Waals surface area (Å²) in [6.45, 7) is 0. The molecular formula is C34H21N3O4. The van der Waals surface area contributed by atoms with Crippen molar-refractivity contribution in [2.24, 2.45) is 0 Å². The van der Waals surface area contributed by atoms with E-state index in [4.69, 9.17) is 0 Å². The first kappa shape index (κ1) is 24.2. The second-order valence-electron chi connectivity index (χ2n) is 9.76. The number of nitrogens with zero attached hydrogens (tertiary/aromatic N) is 3. The van der Waals surface area contributed by atoms with Crippen LogP contribution in [0.25, 0.3) is 43.1 Å². The van der Waals surface area contributed by atoms with E-state index in [1.165, 1.54) is 0 Å². The van der Waals surface area contributed by atoms with E-state index < -0.39 is 0 Å². The minimum atomic E-state index is -0.380. The van der Waals surface area contributed by atoms with E-state index in [1.54, 1.807) is 29.2 Å². The van der Waals surface area contributed by atoms with Crippen molar-refractivity contribution in [1.29, 1.82) is 0 Å². The topological polar surface area (TPSA) is 89.5 Å². The molecule has 7 rings (SSSR count). The Hall–Kier alpha value is -5.82. The summed E-state index contributed by atoms with van der Waals surface area (Å²) in [7, 11) is 0.